The Kier molecular flexibility index (Phi) is 11.9. The van der Waals surface area contributed by atoms with Gasteiger partial charge in [-0.1, -0.05) is 82.3 Å². The van der Waals surface area contributed by atoms with E-state index in [0.717, 1.165) is 23.0 Å². The first-order valence-electron chi connectivity index (χ1n) is 14.5. The Labute approximate surface area is 238 Å². The van der Waals surface area contributed by atoms with Crippen molar-refractivity contribution in [2.45, 2.75) is 72.4 Å². The summed E-state index contributed by atoms with van der Waals surface area (Å²) in [5.41, 5.74) is 2.99. The molecular weight excluding hydrogens is 504 g/mol. The lowest BCUT2D eigenvalue weighted by atomic mass is 9.90. The molecule has 7 nitrogen and oxygen atoms in total. The predicted molar refractivity (Wildman–Crippen MR) is 155 cm³/mol. The van der Waals surface area contributed by atoms with Crippen LogP contribution in [-0.4, -0.2) is 36.7 Å². The summed E-state index contributed by atoms with van der Waals surface area (Å²) in [6.45, 7) is 8.51. The van der Waals surface area contributed by atoms with Crippen molar-refractivity contribution in [1.29, 1.82) is 0 Å². The fraction of sp³-hybridized carbons (Fsp3) is 0.515. The monoisotopic (exact) mass is 548 g/mol. The van der Waals surface area contributed by atoms with Gasteiger partial charge in [0.15, 0.2) is 0 Å². The number of hydrogen-bond acceptors (Lipinski definition) is 5. The van der Waals surface area contributed by atoms with Gasteiger partial charge in [0.25, 0.3) is 0 Å². The summed E-state index contributed by atoms with van der Waals surface area (Å²) in [7, 11) is 0. The topological polar surface area (TPSA) is 102 Å². The van der Waals surface area contributed by atoms with Crippen LogP contribution in [0, 0.1) is 29.6 Å². The first kappa shape index (κ1) is 31.1. The maximum Gasteiger partial charge on any atom is 0.309 e. The van der Waals surface area contributed by atoms with E-state index in [1.807, 2.05) is 82.3 Å². The lowest BCUT2D eigenvalue weighted by Gasteiger charge is -2.25. The van der Waals surface area contributed by atoms with E-state index in [2.05, 4.69) is 10.6 Å². The van der Waals surface area contributed by atoms with Gasteiger partial charge in [-0.15, -0.1) is 0 Å². The third-order valence-electron chi connectivity index (χ3n) is 7.39. The SMILES string of the molecule is CC(C)CC(C=O)CNC(=O)[C@H](CC(C)C)NC(=O)C1Cc2ccccc2CC(C(=O)OCc2ccccc2)C1. The standard InChI is InChI=1S/C33H44N2O5/c1-22(2)14-25(20-36)19-34-32(38)30(15-23(3)4)35-31(37)28-16-26-12-8-9-13-27(26)17-29(18-28)33(39)40-21-24-10-6-5-7-11-24/h5-13,20,22-23,25,28-30H,14-19,21H2,1-4H3,(H,34,38)(H,35,37)/t25?,28?,29?,30-/m0/s1. The summed E-state index contributed by atoms with van der Waals surface area (Å²) < 4.78 is 5.67. The van der Waals surface area contributed by atoms with E-state index in [1.165, 1.54) is 0 Å². The molecule has 3 rings (SSSR count). The summed E-state index contributed by atoms with van der Waals surface area (Å²) in [6.07, 6.45) is 3.38. The molecule has 0 saturated carbocycles. The van der Waals surface area contributed by atoms with Crippen molar-refractivity contribution in [1.82, 2.24) is 10.6 Å². The van der Waals surface area contributed by atoms with E-state index < -0.39 is 17.9 Å². The molecule has 0 heterocycles. The summed E-state index contributed by atoms with van der Waals surface area (Å²) in [6, 6.07) is 16.7. The second kappa shape index (κ2) is 15.3. The number of rotatable bonds is 13. The van der Waals surface area contributed by atoms with Gasteiger partial charge in [-0.05, 0) is 60.6 Å². The van der Waals surface area contributed by atoms with E-state index in [4.69, 9.17) is 4.74 Å². The van der Waals surface area contributed by atoms with Crippen LogP contribution >= 0.6 is 0 Å². The predicted octanol–water partition coefficient (Wildman–Crippen LogP) is 4.66. The number of amides is 2. The highest BCUT2D eigenvalue weighted by molar-refractivity contribution is 5.89. The largest absolute Gasteiger partial charge is 0.461 e. The number of benzene rings is 2. The van der Waals surface area contributed by atoms with Crippen molar-refractivity contribution >= 4 is 24.1 Å². The van der Waals surface area contributed by atoms with Gasteiger partial charge in [-0.25, -0.2) is 0 Å². The molecule has 3 unspecified atom stereocenters. The molecule has 0 spiro atoms. The first-order chi connectivity index (χ1) is 19.2. The fourth-order valence-electron chi connectivity index (χ4n) is 5.36. The second-order valence-electron chi connectivity index (χ2n) is 11.9. The van der Waals surface area contributed by atoms with E-state index >= 15 is 0 Å². The number of ether oxygens (including phenoxy) is 1. The van der Waals surface area contributed by atoms with Crippen LogP contribution in [0.15, 0.2) is 54.6 Å². The average molecular weight is 549 g/mol. The van der Waals surface area contributed by atoms with Gasteiger partial charge in [-0.2, -0.15) is 0 Å². The number of hydrogen-bond donors (Lipinski definition) is 2. The highest BCUT2D eigenvalue weighted by atomic mass is 16.5. The van der Waals surface area contributed by atoms with Crippen LogP contribution in [-0.2, 0) is 43.4 Å². The molecule has 2 amide bonds. The van der Waals surface area contributed by atoms with Crippen LogP contribution in [0.4, 0.5) is 0 Å². The van der Waals surface area contributed by atoms with Gasteiger partial charge in [0.1, 0.15) is 18.9 Å². The number of carbonyl (C=O) groups is 4. The molecule has 0 aliphatic heterocycles. The normalized spacial score (nSPS) is 18.2. The quantitative estimate of drug-likeness (QED) is 0.215. The number of aldehydes is 1. The highest BCUT2D eigenvalue weighted by Gasteiger charge is 2.34. The van der Waals surface area contributed by atoms with Crippen LogP contribution < -0.4 is 10.6 Å². The minimum absolute atomic E-state index is 0.171. The number of esters is 1. The second-order valence-corrected chi connectivity index (χ2v) is 11.9. The third kappa shape index (κ3) is 9.61. The molecule has 0 aromatic heterocycles. The fourth-order valence-corrected chi connectivity index (χ4v) is 5.36. The van der Waals surface area contributed by atoms with Crippen LogP contribution in [0.25, 0.3) is 0 Å². The molecule has 1 aliphatic carbocycles. The minimum atomic E-state index is -0.721. The van der Waals surface area contributed by atoms with Crippen LogP contribution in [0.1, 0.15) is 63.6 Å². The van der Waals surface area contributed by atoms with Crippen molar-refractivity contribution in [2.75, 3.05) is 6.54 Å². The maximum absolute atomic E-state index is 13.6. The highest BCUT2D eigenvalue weighted by Crippen LogP contribution is 2.30. The zero-order chi connectivity index (χ0) is 29.1. The minimum Gasteiger partial charge on any atom is -0.461 e. The Morgan fingerprint density at radius 2 is 1.48 bits per heavy atom. The van der Waals surface area contributed by atoms with Crippen LogP contribution in [0.2, 0.25) is 0 Å². The molecule has 0 saturated heterocycles. The molecule has 40 heavy (non-hydrogen) atoms. The third-order valence-corrected chi connectivity index (χ3v) is 7.39. The van der Waals surface area contributed by atoms with Gasteiger partial charge in [-0.3, -0.25) is 14.4 Å². The van der Waals surface area contributed by atoms with E-state index in [9.17, 15) is 19.2 Å². The summed E-state index contributed by atoms with van der Waals surface area (Å²) in [5, 5.41) is 5.87. The molecule has 2 aromatic carbocycles. The van der Waals surface area contributed by atoms with Gasteiger partial charge in [0, 0.05) is 18.4 Å². The Bertz CT molecular complexity index is 1130. The Morgan fingerprint density at radius 1 is 0.875 bits per heavy atom. The van der Waals surface area contributed by atoms with Crippen molar-refractivity contribution in [3.05, 3.63) is 71.3 Å². The van der Waals surface area contributed by atoms with Gasteiger partial charge >= 0.3 is 5.97 Å². The molecular formula is C33H44N2O5. The van der Waals surface area contributed by atoms with Crippen molar-refractivity contribution in [2.24, 2.45) is 29.6 Å². The number of carbonyl (C=O) groups excluding carboxylic acids is 4. The molecule has 0 bridgehead atoms. The molecule has 0 fully saturated rings. The summed E-state index contributed by atoms with van der Waals surface area (Å²) >= 11 is 0. The molecule has 2 N–H and O–H groups in total. The van der Waals surface area contributed by atoms with Crippen molar-refractivity contribution < 1.29 is 23.9 Å². The summed E-state index contributed by atoms with van der Waals surface area (Å²) in [4.78, 5) is 51.4. The smallest absolute Gasteiger partial charge is 0.309 e. The summed E-state index contributed by atoms with van der Waals surface area (Å²) in [5.74, 6) is -1.56. The number of nitrogens with one attached hydrogen (secondary N) is 2. The van der Waals surface area contributed by atoms with E-state index in [0.29, 0.717) is 38.0 Å². The molecule has 1 aliphatic rings. The number of fused-ring (bicyclic) bond motifs is 1. The van der Waals surface area contributed by atoms with Gasteiger partial charge in [0.2, 0.25) is 11.8 Å². The Balaban J connectivity index is 1.71. The molecule has 0 radical (unpaired) electrons. The van der Waals surface area contributed by atoms with Gasteiger partial charge in [0.05, 0.1) is 5.92 Å². The average Bonchev–Trinajstić information content (AvgIpc) is 3.13. The molecule has 4 atom stereocenters. The lowest BCUT2D eigenvalue weighted by molar-refractivity contribution is -0.150. The Hall–Kier alpha value is -3.48. The van der Waals surface area contributed by atoms with E-state index in [1.54, 1.807) is 0 Å². The van der Waals surface area contributed by atoms with E-state index in [-0.39, 0.29) is 42.8 Å². The molecule has 2 aromatic rings. The van der Waals surface area contributed by atoms with Gasteiger partial charge < -0.3 is 20.2 Å². The first-order valence-corrected chi connectivity index (χ1v) is 14.5. The lowest BCUT2D eigenvalue weighted by Crippen LogP contribution is -2.50. The molecule has 7 heteroatoms. The zero-order valence-electron chi connectivity index (χ0n) is 24.2. The van der Waals surface area contributed by atoms with Crippen molar-refractivity contribution in [3.8, 4) is 0 Å². The molecule has 216 valence electrons. The van der Waals surface area contributed by atoms with Crippen LogP contribution in [0.3, 0.4) is 0 Å². The van der Waals surface area contributed by atoms with Crippen LogP contribution in [0.5, 0.6) is 0 Å². The zero-order valence-corrected chi connectivity index (χ0v) is 24.2. The maximum atomic E-state index is 13.6. The Morgan fingerprint density at radius 3 is 2.08 bits per heavy atom. The van der Waals surface area contributed by atoms with Crippen molar-refractivity contribution in [3.63, 3.8) is 0 Å².